The summed E-state index contributed by atoms with van der Waals surface area (Å²) in [5.74, 6) is 0. The van der Waals surface area contributed by atoms with Gasteiger partial charge in [0.1, 0.15) is 0 Å². The third-order valence-corrected chi connectivity index (χ3v) is 0.704. The summed E-state index contributed by atoms with van der Waals surface area (Å²) in [7, 11) is 0. The topological polar surface area (TPSA) is 29.5 Å². The predicted octanol–water partition coefficient (Wildman–Crippen LogP) is -1.19. The molecular weight excluding hydrogens is 184 g/mol. The number of hydrogen-bond donors (Lipinski definition) is 1. The minimum atomic E-state index is 0.134. The molecule has 0 radical (unpaired) electrons. The fourth-order valence-electron chi connectivity index (χ4n) is 0.0408. The molecule has 0 aliphatic carbocycles. The second-order valence-electron chi connectivity index (χ2n) is 0.557. The molecule has 0 saturated carbocycles. The van der Waals surface area contributed by atoms with Crippen molar-refractivity contribution >= 4 is 22.7 Å². The van der Waals surface area contributed by atoms with E-state index in [0.717, 1.165) is 0 Å². The molecule has 0 saturated heterocycles. The van der Waals surface area contributed by atoms with E-state index in [0.29, 0.717) is 6.61 Å². The van der Waals surface area contributed by atoms with Gasteiger partial charge in [-0.25, -0.2) is 0 Å². The van der Waals surface area contributed by atoms with Crippen molar-refractivity contribution in [1.82, 2.24) is 0 Å². The average molecular weight is 190 g/mol. The van der Waals surface area contributed by atoms with Crippen LogP contribution in [0.1, 0.15) is 0 Å². The fraction of sp³-hybridized carbons (Fsp3) is 1.00. The van der Waals surface area contributed by atoms with Crippen molar-refractivity contribution in [3.05, 3.63) is 0 Å². The molecule has 0 bridgehead atoms. The Morgan fingerprint density at radius 3 is 2.40 bits per heavy atom. The monoisotopic (exact) mass is 192 g/mol. The van der Waals surface area contributed by atoms with E-state index in [2.05, 4.69) is 3.10 Å². The van der Waals surface area contributed by atoms with Gasteiger partial charge >= 0.3 is 44.1 Å². The minimum absolute atomic E-state index is 0.134. The van der Waals surface area contributed by atoms with Crippen LogP contribution in [0.2, 0.25) is 0 Å². The molecule has 0 aliphatic heterocycles. The van der Waals surface area contributed by atoms with Crippen molar-refractivity contribution < 1.29 is 8.21 Å². The summed E-state index contributed by atoms with van der Waals surface area (Å²) in [4.78, 5) is 0. The molecule has 0 heterocycles. The number of hydrogen-bond acceptors (Lipinski definition) is 2. The maximum atomic E-state index is 7.95. The van der Waals surface area contributed by atoms with Gasteiger partial charge in [-0.2, -0.15) is 0 Å². The van der Waals surface area contributed by atoms with Crippen LogP contribution in [0.4, 0.5) is 0 Å². The molecule has 0 aromatic heterocycles. The van der Waals surface area contributed by atoms with E-state index in [1.807, 2.05) is 0 Å². The Balaban J connectivity index is 2.19. The van der Waals surface area contributed by atoms with Crippen molar-refractivity contribution in [2.24, 2.45) is 0 Å². The molecule has 0 aromatic carbocycles. The molecule has 0 fully saturated rings. The summed E-state index contributed by atoms with van der Waals surface area (Å²) < 4.78 is 4.49. The Morgan fingerprint density at radius 1 is 1.80 bits per heavy atom. The van der Waals surface area contributed by atoms with E-state index in [4.69, 9.17) is 5.11 Å². The van der Waals surface area contributed by atoms with Crippen LogP contribution in [0, 0.1) is 0 Å². The van der Waals surface area contributed by atoms with Crippen LogP contribution < -0.4 is 0 Å². The number of aliphatic hydroxyl groups is 1. The van der Waals surface area contributed by atoms with Crippen LogP contribution in [0.3, 0.4) is 0 Å². The van der Waals surface area contributed by atoms with Gasteiger partial charge in [-0.15, -0.1) is 0 Å². The molecule has 0 spiro atoms. The first kappa shape index (κ1) is 5.71. The maximum absolute atomic E-state index is 7.95. The summed E-state index contributed by atoms with van der Waals surface area (Å²) in [6.07, 6.45) is 0. The molecule has 0 unspecified atom stereocenters. The van der Waals surface area contributed by atoms with Gasteiger partial charge in [0.05, 0.1) is 0 Å². The first-order valence-electron chi connectivity index (χ1n) is 1.29. The molecule has 1 N–H and O–H groups in total. The SMILES string of the molecule is OCCO[TeH]. The summed E-state index contributed by atoms with van der Waals surface area (Å²) >= 11 is 1.26. The van der Waals surface area contributed by atoms with Crippen molar-refractivity contribution in [1.29, 1.82) is 0 Å². The van der Waals surface area contributed by atoms with Gasteiger partial charge in [-0.3, -0.25) is 0 Å². The Labute approximate surface area is 44.6 Å². The van der Waals surface area contributed by atoms with Crippen molar-refractivity contribution in [2.45, 2.75) is 0 Å². The normalized spacial score (nSPS) is 8.40. The molecule has 0 amide bonds. The Kier molecular flexibility index (Phi) is 5.38. The van der Waals surface area contributed by atoms with Crippen LogP contribution in [0.25, 0.3) is 0 Å². The zero-order valence-electron chi connectivity index (χ0n) is 2.72. The first-order chi connectivity index (χ1) is 2.41. The molecular formula is C2H6O2Te. The fourth-order valence-corrected chi connectivity index (χ4v) is 0.274. The third-order valence-electron chi connectivity index (χ3n) is 0.183. The van der Waals surface area contributed by atoms with Gasteiger partial charge in [0.25, 0.3) is 0 Å². The molecule has 5 heavy (non-hydrogen) atoms. The Morgan fingerprint density at radius 2 is 2.40 bits per heavy atom. The predicted molar refractivity (Wildman–Crippen MR) is 20.2 cm³/mol. The van der Waals surface area contributed by atoms with Gasteiger partial charge in [0, 0.05) is 0 Å². The summed E-state index contributed by atoms with van der Waals surface area (Å²) in [5.41, 5.74) is 0. The van der Waals surface area contributed by atoms with Gasteiger partial charge < -0.3 is 0 Å². The molecule has 32 valence electrons. The third kappa shape index (κ3) is 4.71. The first-order valence-corrected chi connectivity index (χ1v) is 2.33. The van der Waals surface area contributed by atoms with Crippen LogP contribution >= 0.6 is 0 Å². The van der Waals surface area contributed by atoms with E-state index in [9.17, 15) is 0 Å². The van der Waals surface area contributed by atoms with Crippen molar-refractivity contribution in [3.8, 4) is 0 Å². The van der Waals surface area contributed by atoms with Crippen LogP contribution in [-0.4, -0.2) is 41.0 Å². The molecule has 0 rings (SSSR count). The van der Waals surface area contributed by atoms with Gasteiger partial charge in [-0.05, 0) is 0 Å². The second-order valence-corrected chi connectivity index (χ2v) is 1.29. The van der Waals surface area contributed by atoms with Crippen LogP contribution in [0.5, 0.6) is 0 Å². The van der Waals surface area contributed by atoms with E-state index in [-0.39, 0.29) is 6.61 Å². The zero-order valence-corrected chi connectivity index (χ0v) is 5.27. The van der Waals surface area contributed by atoms with Gasteiger partial charge in [-0.1, -0.05) is 0 Å². The van der Waals surface area contributed by atoms with Crippen LogP contribution in [0.15, 0.2) is 0 Å². The summed E-state index contributed by atoms with van der Waals surface area (Å²) in [6.45, 7) is 0.601. The Hall–Kier alpha value is 0.710. The van der Waals surface area contributed by atoms with E-state index in [1.54, 1.807) is 0 Å². The summed E-state index contributed by atoms with van der Waals surface area (Å²) in [6, 6.07) is 0. The molecule has 3 heteroatoms. The standard InChI is InChI=1S/C2H6O2Te/c3-1-2-4-5/h3,5H,1-2H2. The zero-order chi connectivity index (χ0) is 4.12. The van der Waals surface area contributed by atoms with Crippen molar-refractivity contribution in [3.63, 3.8) is 0 Å². The molecule has 2 nitrogen and oxygen atoms in total. The average Bonchev–Trinajstić information content (AvgIpc) is 1.41. The Bertz CT molecular complexity index is 15.1. The summed E-state index contributed by atoms with van der Waals surface area (Å²) in [5, 5.41) is 7.95. The quantitative estimate of drug-likeness (QED) is 0.554. The molecule has 0 aliphatic rings. The number of rotatable bonds is 2. The van der Waals surface area contributed by atoms with E-state index >= 15 is 0 Å². The van der Waals surface area contributed by atoms with Crippen molar-refractivity contribution in [2.75, 3.05) is 13.2 Å². The van der Waals surface area contributed by atoms with Gasteiger partial charge in [0.2, 0.25) is 0 Å². The second kappa shape index (κ2) is 4.71. The molecule has 0 aromatic rings. The number of aliphatic hydroxyl groups excluding tert-OH is 1. The van der Waals surface area contributed by atoms with E-state index in [1.165, 1.54) is 22.7 Å². The van der Waals surface area contributed by atoms with Crippen LogP contribution in [-0.2, 0) is 3.10 Å². The van der Waals surface area contributed by atoms with E-state index < -0.39 is 0 Å². The van der Waals surface area contributed by atoms with Gasteiger partial charge in [0.15, 0.2) is 0 Å². The molecule has 0 atom stereocenters.